The minimum Gasteiger partial charge on any atom is -0.245 e. The fraction of sp³-hybridized carbons (Fsp3) is 0.263. The number of aromatic nitrogens is 6. The third kappa shape index (κ3) is 3.20. The van der Waals surface area contributed by atoms with Crippen LogP contribution in [-0.4, -0.2) is 29.8 Å². The van der Waals surface area contributed by atoms with Crippen LogP contribution in [0, 0.1) is 0 Å². The second-order valence-electron chi connectivity index (χ2n) is 6.24. The molecule has 1 unspecified atom stereocenters. The van der Waals surface area contributed by atoms with Gasteiger partial charge in [0.25, 0.3) is 0 Å². The molecule has 0 saturated carbocycles. The highest BCUT2D eigenvalue weighted by molar-refractivity contribution is 6.30. The predicted octanol–water partition coefficient (Wildman–Crippen LogP) is 4.11. The lowest BCUT2D eigenvalue weighted by Gasteiger charge is -2.18. The van der Waals surface area contributed by atoms with E-state index in [2.05, 4.69) is 39.5 Å². The summed E-state index contributed by atoms with van der Waals surface area (Å²) in [5.41, 5.74) is 4.13. The van der Waals surface area contributed by atoms with Gasteiger partial charge in [0.15, 0.2) is 0 Å². The third-order valence-corrected chi connectivity index (χ3v) is 4.72. The highest BCUT2D eigenvalue weighted by Gasteiger charge is 2.19. The first-order chi connectivity index (χ1) is 12.8. The van der Waals surface area contributed by atoms with Gasteiger partial charge in [0.05, 0.1) is 5.52 Å². The summed E-state index contributed by atoms with van der Waals surface area (Å²) in [6.07, 6.45) is 5.48. The van der Waals surface area contributed by atoms with Gasteiger partial charge >= 0.3 is 0 Å². The Hall–Kier alpha value is -2.73. The summed E-state index contributed by atoms with van der Waals surface area (Å²) < 4.78 is 3.83. The van der Waals surface area contributed by atoms with Crippen molar-refractivity contribution in [2.24, 2.45) is 0 Å². The topological polar surface area (TPSA) is 61.4 Å². The fourth-order valence-corrected chi connectivity index (χ4v) is 3.24. The minimum atomic E-state index is -0.0892. The molecule has 2 aromatic heterocycles. The van der Waals surface area contributed by atoms with Crippen molar-refractivity contribution in [1.82, 2.24) is 29.8 Å². The van der Waals surface area contributed by atoms with Crippen LogP contribution in [0.4, 0.5) is 0 Å². The van der Waals surface area contributed by atoms with E-state index < -0.39 is 0 Å². The van der Waals surface area contributed by atoms with E-state index in [0.717, 1.165) is 41.5 Å². The Kier molecular flexibility index (Phi) is 4.67. The molecule has 0 fully saturated rings. The highest BCUT2D eigenvalue weighted by atomic mass is 35.5. The van der Waals surface area contributed by atoms with Crippen molar-refractivity contribution in [2.45, 2.75) is 32.4 Å². The zero-order chi connectivity index (χ0) is 17.9. The smallest absolute Gasteiger partial charge is 0.137 e. The minimum absolute atomic E-state index is 0.0892. The first-order valence-electron chi connectivity index (χ1n) is 8.69. The van der Waals surface area contributed by atoms with Gasteiger partial charge in [-0.3, -0.25) is 0 Å². The average molecular weight is 367 g/mol. The van der Waals surface area contributed by atoms with Gasteiger partial charge in [-0.1, -0.05) is 48.4 Å². The predicted molar refractivity (Wildman–Crippen MR) is 101 cm³/mol. The van der Waals surface area contributed by atoms with Crippen LogP contribution in [0.2, 0.25) is 5.02 Å². The number of halogens is 1. The second kappa shape index (κ2) is 7.25. The van der Waals surface area contributed by atoms with E-state index in [1.165, 1.54) is 0 Å². The molecule has 0 N–H and O–H groups in total. The van der Waals surface area contributed by atoms with Crippen LogP contribution in [0.5, 0.6) is 0 Å². The van der Waals surface area contributed by atoms with Gasteiger partial charge in [-0.25, -0.2) is 14.3 Å². The van der Waals surface area contributed by atoms with Crippen molar-refractivity contribution in [2.75, 3.05) is 0 Å². The molecular weight excluding hydrogens is 348 g/mol. The number of unbranched alkanes of at least 4 members (excludes halogenated alkanes) is 1. The number of benzene rings is 2. The van der Waals surface area contributed by atoms with Crippen molar-refractivity contribution in [3.05, 3.63) is 71.3 Å². The number of hydrogen-bond acceptors (Lipinski definition) is 4. The molecule has 1 atom stereocenters. The maximum Gasteiger partial charge on any atom is 0.137 e. The molecule has 0 aliphatic heterocycles. The maximum atomic E-state index is 6.07. The quantitative estimate of drug-likeness (QED) is 0.515. The molecule has 0 aliphatic rings. The number of rotatable bonds is 6. The van der Waals surface area contributed by atoms with Crippen LogP contribution >= 0.6 is 11.6 Å². The van der Waals surface area contributed by atoms with E-state index in [1.54, 1.807) is 12.7 Å². The summed E-state index contributed by atoms with van der Waals surface area (Å²) in [5, 5.41) is 13.7. The van der Waals surface area contributed by atoms with Gasteiger partial charge in [0, 0.05) is 11.6 Å². The molecule has 2 heterocycles. The largest absolute Gasteiger partial charge is 0.245 e. The molecule has 132 valence electrons. The number of aryl methyl sites for hydroxylation is 1. The van der Waals surface area contributed by atoms with E-state index >= 15 is 0 Å². The van der Waals surface area contributed by atoms with E-state index in [4.69, 9.17) is 11.6 Å². The molecule has 0 aliphatic carbocycles. The summed E-state index contributed by atoms with van der Waals surface area (Å²) in [6.45, 7) is 3.04. The molecule has 0 spiro atoms. The molecule has 2 aromatic carbocycles. The lowest BCUT2D eigenvalue weighted by Crippen LogP contribution is -2.13. The van der Waals surface area contributed by atoms with Crippen LogP contribution in [0.15, 0.2) is 55.1 Å². The average Bonchev–Trinajstić information content (AvgIpc) is 3.32. The molecular formula is C19H19ClN6. The standard InChI is InChI=1S/C19H19ClN6/c1-2-3-10-25-18-11-15(6-9-17(18)23-24-25)19(26-13-21-12-22-26)14-4-7-16(20)8-5-14/h4-9,11-13,19H,2-3,10H2,1H3. The van der Waals surface area contributed by atoms with Crippen LogP contribution in [0.1, 0.15) is 36.9 Å². The van der Waals surface area contributed by atoms with Crippen LogP contribution in [0.25, 0.3) is 11.0 Å². The molecule has 7 heteroatoms. The molecule has 6 nitrogen and oxygen atoms in total. The zero-order valence-electron chi connectivity index (χ0n) is 14.5. The van der Waals surface area contributed by atoms with E-state index in [-0.39, 0.29) is 6.04 Å². The molecule has 0 amide bonds. The lowest BCUT2D eigenvalue weighted by molar-refractivity contribution is 0.566. The van der Waals surface area contributed by atoms with Crippen LogP contribution in [-0.2, 0) is 6.54 Å². The van der Waals surface area contributed by atoms with Crippen molar-refractivity contribution >= 4 is 22.6 Å². The first kappa shape index (κ1) is 16.7. The van der Waals surface area contributed by atoms with E-state index in [0.29, 0.717) is 5.02 Å². The van der Waals surface area contributed by atoms with Crippen LogP contribution < -0.4 is 0 Å². The van der Waals surface area contributed by atoms with Crippen LogP contribution in [0.3, 0.4) is 0 Å². The van der Waals surface area contributed by atoms with Crippen molar-refractivity contribution in [3.8, 4) is 0 Å². The van der Waals surface area contributed by atoms with Gasteiger partial charge in [0.1, 0.15) is 24.2 Å². The number of fused-ring (bicyclic) bond motifs is 1. The summed E-state index contributed by atoms with van der Waals surface area (Å²) in [5.74, 6) is 0. The SMILES string of the molecule is CCCCn1nnc2ccc(C(c3ccc(Cl)cc3)n3cncn3)cc21. The fourth-order valence-electron chi connectivity index (χ4n) is 3.12. The Morgan fingerprint density at radius 1 is 1.08 bits per heavy atom. The summed E-state index contributed by atoms with van der Waals surface area (Å²) in [7, 11) is 0. The van der Waals surface area contributed by atoms with Gasteiger partial charge in [0.2, 0.25) is 0 Å². The molecule has 0 bridgehead atoms. The molecule has 26 heavy (non-hydrogen) atoms. The van der Waals surface area contributed by atoms with Crippen molar-refractivity contribution < 1.29 is 0 Å². The Morgan fingerprint density at radius 3 is 2.62 bits per heavy atom. The monoisotopic (exact) mass is 366 g/mol. The second-order valence-corrected chi connectivity index (χ2v) is 6.68. The zero-order valence-corrected chi connectivity index (χ0v) is 15.2. The van der Waals surface area contributed by atoms with Gasteiger partial charge < -0.3 is 0 Å². The lowest BCUT2D eigenvalue weighted by atomic mass is 9.98. The Labute approximate surface area is 156 Å². The number of hydrogen-bond donors (Lipinski definition) is 0. The van der Waals surface area contributed by atoms with Gasteiger partial charge in [-0.05, 0) is 41.8 Å². The van der Waals surface area contributed by atoms with Crippen molar-refractivity contribution in [1.29, 1.82) is 0 Å². The summed E-state index contributed by atoms with van der Waals surface area (Å²) in [4.78, 5) is 4.12. The molecule has 4 rings (SSSR count). The van der Waals surface area contributed by atoms with Gasteiger partial charge in [-0.2, -0.15) is 5.10 Å². The summed E-state index contributed by atoms with van der Waals surface area (Å²) in [6, 6.07) is 14.0. The number of nitrogens with zero attached hydrogens (tertiary/aromatic N) is 6. The maximum absolute atomic E-state index is 6.07. The Balaban J connectivity index is 1.81. The van der Waals surface area contributed by atoms with E-state index in [1.807, 2.05) is 39.7 Å². The normalized spacial score (nSPS) is 12.5. The van der Waals surface area contributed by atoms with E-state index in [9.17, 15) is 0 Å². The summed E-state index contributed by atoms with van der Waals surface area (Å²) >= 11 is 6.07. The third-order valence-electron chi connectivity index (χ3n) is 4.46. The molecule has 0 radical (unpaired) electrons. The molecule has 4 aromatic rings. The molecule has 0 saturated heterocycles. The Bertz CT molecular complexity index is 991. The van der Waals surface area contributed by atoms with Gasteiger partial charge in [-0.15, -0.1) is 5.10 Å². The highest BCUT2D eigenvalue weighted by Crippen LogP contribution is 2.29. The first-order valence-corrected chi connectivity index (χ1v) is 9.07. The van der Waals surface area contributed by atoms with Crippen molar-refractivity contribution in [3.63, 3.8) is 0 Å². The Morgan fingerprint density at radius 2 is 1.88 bits per heavy atom.